The molecule has 1 unspecified atom stereocenters. The molecule has 0 saturated heterocycles. The fraction of sp³-hybridized carbons (Fsp3) is 0.538. The summed E-state index contributed by atoms with van der Waals surface area (Å²) >= 11 is 0. The summed E-state index contributed by atoms with van der Waals surface area (Å²) in [5.41, 5.74) is 2.49. The average Bonchev–Trinajstić information content (AvgIpc) is 2.29. The molecule has 1 heterocycles. The first-order valence-electron chi connectivity index (χ1n) is 5.99. The zero-order chi connectivity index (χ0) is 10.5. The Hall–Kier alpha value is -1.18. The molecule has 2 heteroatoms. The SMILES string of the molecule is CCCCCC1CNc2ccccc2N1. The molecule has 0 spiro atoms. The van der Waals surface area contributed by atoms with Crippen LogP contribution in [0.5, 0.6) is 0 Å². The number of nitrogens with one attached hydrogen (secondary N) is 2. The number of benzene rings is 1. The highest BCUT2D eigenvalue weighted by Crippen LogP contribution is 2.26. The minimum absolute atomic E-state index is 0.603. The van der Waals surface area contributed by atoms with Crippen LogP contribution in [0.25, 0.3) is 0 Å². The highest BCUT2D eigenvalue weighted by molar-refractivity contribution is 5.70. The molecule has 1 atom stereocenters. The van der Waals surface area contributed by atoms with Gasteiger partial charge < -0.3 is 10.6 Å². The van der Waals surface area contributed by atoms with E-state index < -0.39 is 0 Å². The number of anilines is 2. The smallest absolute Gasteiger partial charge is 0.0578 e. The first-order chi connectivity index (χ1) is 7.40. The minimum Gasteiger partial charge on any atom is -0.381 e. The van der Waals surface area contributed by atoms with Crippen LogP contribution in [-0.2, 0) is 0 Å². The van der Waals surface area contributed by atoms with Crippen molar-refractivity contribution in [2.45, 2.75) is 38.6 Å². The molecule has 0 fully saturated rings. The maximum absolute atomic E-state index is 3.59. The Bertz CT molecular complexity index is 309. The van der Waals surface area contributed by atoms with Crippen LogP contribution in [0, 0.1) is 0 Å². The van der Waals surface area contributed by atoms with E-state index in [9.17, 15) is 0 Å². The van der Waals surface area contributed by atoms with Gasteiger partial charge in [0, 0.05) is 12.6 Å². The first-order valence-corrected chi connectivity index (χ1v) is 5.99. The van der Waals surface area contributed by atoms with E-state index in [1.807, 2.05) is 0 Å². The van der Waals surface area contributed by atoms with Crippen molar-refractivity contribution in [3.8, 4) is 0 Å². The van der Waals surface area contributed by atoms with E-state index in [4.69, 9.17) is 0 Å². The Kier molecular flexibility index (Phi) is 3.49. The molecule has 2 rings (SSSR count). The molecule has 1 aliphatic heterocycles. The summed E-state index contributed by atoms with van der Waals surface area (Å²) in [7, 11) is 0. The molecular weight excluding hydrogens is 184 g/mol. The minimum atomic E-state index is 0.603. The Morgan fingerprint density at radius 2 is 2.00 bits per heavy atom. The Morgan fingerprint density at radius 1 is 1.20 bits per heavy atom. The third-order valence-corrected chi connectivity index (χ3v) is 2.98. The second kappa shape index (κ2) is 5.06. The highest BCUT2D eigenvalue weighted by atomic mass is 15.1. The fourth-order valence-electron chi connectivity index (χ4n) is 2.08. The summed E-state index contributed by atoms with van der Waals surface area (Å²) in [6, 6.07) is 9.04. The van der Waals surface area contributed by atoms with Crippen LogP contribution < -0.4 is 10.6 Å². The van der Waals surface area contributed by atoms with Gasteiger partial charge in [-0.3, -0.25) is 0 Å². The standard InChI is InChI=1S/C13H20N2/c1-2-3-4-7-11-10-14-12-8-5-6-9-13(12)15-11/h5-6,8-9,11,14-15H,2-4,7,10H2,1H3. The molecule has 0 radical (unpaired) electrons. The second-order valence-corrected chi connectivity index (χ2v) is 4.26. The summed E-state index contributed by atoms with van der Waals surface area (Å²) in [6.45, 7) is 3.31. The average molecular weight is 204 g/mol. The lowest BCUT2D eigenvalue weighted by molar-refractivity contribution is 0.596. The predicted molar refractivity (Wildman–Crippen MR) is 66.5 cm³/mol. The first kappa shape index (κ1) is 10.3. The number of fused-ring (bicyclic) bond motifs is 1. The van der Waals surface area contributed by atoms with Crippen LogP contribution in [-0.4, -0.2) is 12.6 Å². The van der Waals surface area contributed by atoms with E-state index >= 15 is 0 Å². The topological polar surface area (TPSA) is 24.1 Å². The van der Waals surface area contributed by atoms with E-state index in [0.29, 0.717) is 6.04 Å². The van der Waals surface area contributed by atoms with Crippen LogP contribution in [0.3, 0.4) is 0 Å². The van der Waals surface area contributed by atoms with Crippen LogP contribution in [0.4, 0.5) is 11.4 Å². The van der Waals surface area contributed by atoms with Gasteiger partial charge in [0.05, 0.1) is 11.4 Å². The summed E-state index contributed by atoms with van der Waals surface area (Å²) in [4.78, 5) is 0. The van der Waals surface area contributed by atoms with E-state index in [0.717, 1.165) is 6.54 Å². The van der Waals surface area contributed by atoms with Gasteiger partial charge in [-0.15, -0.1) is 0 Å². The van der Waals surface area contributed by atoms with Crippen molar-refractivity contribution in [2.24, 2.45) is 0 Å². The molecule has 1 aromatic carbocycles. The normalized spacial score (nSPS) is 18.9. The van der Waals surface area contributed by atoms with Crippen molar-refractivity contribution < 1.29 is 0 Å². The quantitative estimate of drug-likeness (QED) is 0.734. The molecule has 1 aliphatic rings. The third kappa shape index (κ3) is 2.65. The lowest BCUT2D eigenvalue weighted by atomic mass is 10.1. The van der Waals surface area contributed by atoms with E-state index in [1.54, 1.807) is 0 Å². The van der Waals surface area contributed by atoms with Gasteiger partial charge in [0.1, 0.15) is 0 Å². The number of hydrogen-bond acceptors (Lipinski definition) is 2. The molecule has 0 aromatic heterocycles. The number of unbranched alkanes of at least 4 members (excludes halogenated alkanes) is 2. The molecule has 15 heavy (non-hydrogen) atoms. The molecule has 2 N–H and O–H groups in total. The Morgan fingerprint density at radius 3 is 2.80 bits per heavy atom. The molecular formula is C13H20N2. The lowest BCUT2D eigenvalue weighted by Crippen LogP contribution is -2.32. The maximum atomic E-state index is 3.59. The summed E-state index contributed by atoms with van der Waals surface area (Å²) in [5.74, 6) is 0. The van der Waals surface area contributed by atoms with E-state index in [2.05, 4.69) is 41.8 Å². The number of para-hydroxylation sites is 2. The summed E-state index contributed by atoms with van der Waals surface area (Å²) < 4.78 is 0. The predicted octanol–water partition coefficient (Wildman–Crippen LogP) is 3.47. The van der Waals surface area contributed by atoms with Crippen LogP contribution in [0.15, 0.2) is 24.3 Å². The van der Waals surface area contributed by atoms with Crippen LogP contribution >= 0.6 is 0 Å². The van der Waals surface area contributed by atoms with Gasteiger partial charge >= 0.3 is 0 Å². The van der Waals surface area contributed by atoms with Gasteiger partial charge in [-0.05, 0) is 18.6 Å². The van der Waals surface area contributed by atoms with E-state index in [1.165, 1.54) is 37.1 Å². The van der Waals surface area contributed by atoms with Crippen molar-refractivity contribution in [3.63, 3.8) is 0 Å². The highest BCUT2D eigenvalue weighted by Gasteiger charge is 2.15. The molecule has 0 bridgehead atoms. The fourth-order valence-corrected chi connectivity index (χ4v) is 2.08. The molecule has 2 nitrogen and oxygen atoms in total. The largest absolute Gasteiger partial charge is 0.381 e. The lowest BCUT2D eigenvalue weighted by Gasteiger charge is -2.28. The van der Waals surface area contributed by atoms with Gasteiger partial charge in [-0.25, -0.2) is 0 Å². The van der Waals surface area contributed by atoms with Crippen LogP contribution in [0.1, 0.15) is 32.6 Å². The Balaban J connectivity index is 1.88. The van der Waals surface area contributed by atoms with Gasteiger partial charge in [-0.2, -0.15) is 0 Å². The van der Waals surface area contributed by atoms with Crippen molar-refractivity contribution in [3.05, 3.63) is 24.3 Å². The summed E-state index contributed by atoms with van der Waals surface area (Å²) in [5, 5.41) is 7.07. The van der Waals surface area contributed by atoms with E-state index in [-0.39, 0.29) is 0 Å². The second-order valence-electron chi connectivity index (χ2n) is 4.26. The Labute approximate surface area is 92.1 Å². The molecule has 0 amide bonds. The van der Waals surface area contributed by atoms with Gasteiger partial charge in [0.25, 0.3) is 0 Å². The van der Waals surface area contributed by atoms with Crippen LogP contribution in [0.2, 0.25) is 0 Å². The zero-order valence-electron chi connectivity index (χ0n) is 9.42. The maximum Gasteiger partial charge on any atom is 0.0578 e. The molecule has 0 saturated carbocycles. The monoisotopic (exact) mass is 204 g/mol. The molecule has 82 valence electrons. The zero-order valence-corrected chi connectivity index (χ0v) is 9.42. The third-order valence-electron chi connectivity index (χ3n) is 2.98. The number of rotatable bonds is 4. The molecule has 1 aromatic rings. The van der Waals surface area contributed by atoms with Crippen molar-refractivity contribution in [2.75, 3.05) is 17.2 Å². The van der Waals surface area contributed by atoms with Crippen molar-refractivity contribution in [1.29, 1.82) is 0 Å². The molecule has 0 aliphatic carbocycles. The van der Waals surface area contributed by atoms with Crippen molar-refractivity contribution >= 4 is 11.4 Å². The van der Waals surface area contributed by atoms with Crippen molar-refractivity contribution in [1.82, 2.24) is 0 Å². The number of hydrogen-bond donors (Lipinski definition) is 2. The van der Waals surface area contributed by atoms with Gasteiger partial charge in [0.15, 0.2) is 0 Å². The van der Waals surface area contributed by atoms with Gasteiger partial charge in [-0.1, -0.05) is 38.3 Å². The van der Waals surface area contributed by atoms with Gasteiger partial charge in [0.2, 0.25) is 0 Å². The summed E-state index contributed by atoms with van der Waals surface area (Å²) in [6.07, 6.45) is 5.25.